The first-order chi connectivity index (χ1) is 12.5. The Bertz CT molecular complexity index is 970. The zero-order valence-electron chi connectivity index (χ0n) is 14.5. The lowest BCUT2D eigenvalue weighted by atomic mass is 9.98. The summed E-state index contributed by atoms with van der Waals surface area (Å²) in [7, 11) is 1.96. The minimum atomic E-state index is 0.154. The molecule has 1 unspecified atom stereocenters. The van der Waals surface area contributed by atoms with Gasteiger partial charge in [0.1, 0.15) is 11.5 Å². The molecule has 1 N–H and O–H groups in total. The SMILES string of the molecule is Cc1cc(Cl)ccc1C1SCCNc2c1c(-c1cc(Cl)ccn1)nn2C. The summed E-state index contributed by atoms with van der Waals surface area (Å²) < 4.78 is 1.90. The standard InChI is InChI=1S/C19H18Cl2N4S/c1-11-9-12(20)3-4-14(11)18-16-17(15-10-13(21)5-6-22-15)24-25(2)19(16)23-7-8-26-18/h3-6,9-10,18,23H,7-8H2,1-2H3. The number of hydrogen-bond donors (Lipinski definition) is 1. The van der Waals surface area contributed by atoms with Crippen LogP contribution in [0.4, 0.5) is 5.82 Å². The van der Waals surface area contributed by atoms with Gasteiger partial charge in [0.2, 0.25) is 0 Å². The number of thioether (sulfide) groups is 1. The zero-order valence-corrected chi connectivity index (χ0v) is 16.8. The van der Waals surface area contributed by atoms with Crippen molar-refractivity contribution in [1.29, 1.82) is 0 Å². The Morgan fingerprint density at radius 2 is 2.00 bits per heavy atom. The lowest BCUT2D eigenvalue weighted by molar-refractivity contribution is 0.773. The second-order valence-electron chi connectivity index (χ2n) is 6.27. The number of nitrogens with one attached hydrogen (secondary N) is 1. The van der Waals surface area contributed by atoms with Crippen molar-refractivity contribution in [3.63, 3.8) is 0 Å². The van der Waals surface area contributed by atoms with Crippen molar-refractivity contribution < 1.29 is 0 Å². The van der Waals surface area contributed by atoms with Crippen molar-refractivity contribution in [2.24, 2.45) is 7.05 Å². The third-order valence-electron chi connectivity index (χ3n) is 4.50. The molecule has 4 nitrogen and oxygen atoms in total. The summed E-state index contributed by atoms with van der Waals surface area (Å²) in [6.45, 7) is 3.00. The number of rotatable bonds is 2. The molecule has 1 atom stereocenters. The average molecular weight is 405 g/mol. The van der Waals surface area contributed by atoms with Crippen LogP contribution < -0.4 is 5.32 Å². The van der Waals surface area contributed by atoms with Crippen LogP contribution in [0.3, 0.4) is 0 Å². The van der Waals surface area contributed by atoms with E-state index in [4.69, 9.17) is 28.3 Å². The number of pyridine rings is 1. The fourth-order valence-electron chi connectivity index (χ4n) is 3.33. The molecule has 0 bridgehead atoms. The molecule has 0 aliphatic carbocycles. The summed E-state index contributed by atoms with van der Waals surface area (Å²) in [5.74, 6) is 2.04. The lowest BCUT2D eigenvalue weighted by Crippen LogP contribution is -2.06. The molecule has 4 rings (SSSR count). The molecule has 7 heteroatoms. The Kier molecular flexibility index (Phi) is 4.86. The summed E-state index contributed by atoms with van der Waals surface area (Å²) in [5, 5.41) is 9.85. The van der Waals surface area contributed by atoms with Crippen LogP contribution in [0.15, 0.2) is 36.5 Å². The van der Waals surface area contributed by atoms with Crippen molar-refractivity contribution in [3.05, 3.63) is 63.3 Å². The first kappa shape index (κ1) is 17.7. The number of aryl methyl sites for hydroxylation is 2. The van der Waals surface area contributed by atoms with E-state index in [1.807, 2.05) is 41.7 Å². The molecule has 1 aliphatic heterocycles. The van der Waals surface area contributed by atoms with E-state index >= 15 is 0 Å². The number of fused-ring (bicyclic) bond motifs is 1. The maximum Gasteiger partial charge on any atom is 0.129 e. The van der Waals surface area contributed by atoms with Gasteiger partial charge in [0.25, 0.3) is 0 Å². The molecule has 0 fully saturated rings. The molecule has 2 aromatic heterocycles. The first-order valence-electron chi connectivity index (χ1n) is 8.35. The fourth-order valence-corrected chi connectivity index (χ4v) is 5.01. The number of nitrogens with zero attached hydrogens (tertiary/aromatic N) is 3. The van der Waals surface area contributed by atoms with Crippen LogP contribution in [-0.2, 0) is 7.05 Å². The second-order valence-corrected chi connectivity index (χ2v) is 8.36. The molecular formula is C19H18Cl2N4S. The van der Waals surface area contributed by atoms with Crippen molar-refractivity contribution in [1.82, 2.24) is 14.8 Å². The molecule has 1 aliphatic rings. The highest BCUT2D eigenvalue weighted by molar-refractivity contribution is 7.99. The fraction of sp³-hybridized carbons (Fsp3) is 0.263. The largest absolute Gasteiger partial charge is 0.369 e. The van der Waals surface area contributed by atoms with Gasteiger partial charge in [-0.2, -0.15) is 5.10 Å². The minimum Gasteiger partial charge on any atom is -0.369 e. The van der Waals surface area contributed by atoms with Crippen LogP contribution in [-0.4, -0.2) is 27.1 Å². The van der Waals surface area contributed by atoms with Gasteiger partial charge in [-0.15, -0.1) is 11.8 Å². The monoisotopic (exact) mass is 404 g/mol. The average Bonchev–Trinajstić information content (AvgIpc) is 2.78. The minimum absolute atomic E-state index is 0.154. The van der Waals surface area contributed by atoms with Gasteiger partial charge >= 0.3 is 0 Å². The van der Waals surface area contributed by atoms with Crippen LogP contribution in [0.5, 0.6) is 0 Å². The van der Waals surface area contributed by atoms with Crippen LogP contribution in [0.25, 0.3) is 11.4 Å². The molecule has 0 saturated heterocycles. The zero-order chi connectivity index (χ0) is 18.3. The molecule has 26 heavy (non-hydrogen) atoms. The van der Waals surface area contributed by atoms with Crippen molar-refractivity contribution >= 4 is 40.8 Å². The normalized spacial score (nSPS) is 16.7. The third-order valence-corrected chi connectivity index (χ3v) is 6.24. The summed E-state index contributed by atoms with van der Waals surface area (Å²) in [4.78, 5) is 4.51. The van der Waals surface area contributed by atoms with Crippen LogP contribution in [0.2, 0.25) is 10.0 Å². The predicted octanol–water partition coefficient (Wildman–Crippen LogP) is 5.35. The van der Waals surface area contributed by atoms with Gasteiger partial charge in [0, 0.05) is 41.2 Å². The Morgan fingerprint density at radius 3 is 2.77 bits per heavy atom. The molecule has 1 aromatic carbocycles. The van der Waals surface area contributed by atoms with E-state index in [0.717, 1.165) is 40.1 Å². The third kappa shape index (κ3) is 3.20. The number of anilines is 1. The van der Waals surface area contributed by atoms with Gasteiger partial charge in [-0.1, -0.05) is 29.3 Å². The molecule has 3 aromatic rings. The Labute approximate surface area is 166 Å². The lowest BCUT2D eigenvalue weighted by Gasteiger charge is -2.18. The van der Waals surface area contributed by atoms with E-state index in [-0.39, 0.29) is 5.25 Å². The molecule has 134 valence electrons. The van der Waals surface area contributed by atoms with Gasteiger partial charge in [-0.05, 0) is 42.3 Å². The van der Waals surface area contributed by atoms with Gasteiger partial charge in [-0.25, -0.2) is 0 Å². The van der Waals surface area contributed by atoms with Gasteiger partial charge in [0.05, 0.1) is 10.9 Å². The summed E-state index contributed by atoms with van der Waals surface area (Å²) in [6.07, 6.45) is 1.72. The number of aromatic nitrogens is 3. The number of benzene rings is 1. The van der Waals surface area contributed by atoms with Gasteiger partial charge < -0.3 is 5.32 Å². The highest BCUT2D eigenvalue weighted by Gasteiger charge is 2.30. The predicted molar refractivity (Wildman–Crippen MR) is 110 cm³/mol. The van der Waals surface area contributed by atoms with E-state index < -0.39 is 0 Å². The molecule has 3 heterocycles. The number of hydrogen-bond acceptors (Lipinski definition) is 4. The van der Waals surface area contributed by atoms with Crippen LogP contribution in [0, 0.1) is 6.92 Å². The van der Waals surface area contributed by atoms with Crippen molar-refractivity contribution in [3.8, 4) is 11.4 Å². The van der Waals surface area contributed by atoms with E-state index in [9.17, 15) is 0 Å². The summed E-state index contributed by atoms with van der Waals surface area (Å²) >= 11 is 14.3. The quantitative estimate of drug-likeness (QED) is 0.625. The smallest absolute Gasteiger partial charge is 0.129 e. The molecule has 0 radical (unpaired) electrons. The Morgan fingerprint density at radius 1 is 1.19 bits per heavy atom. The highest BCUT2D eigenvalue weighted by Crippen LogP contribution is 2.46. The molecule has 0 spiro atoms. The topological polar surface area (TPSA) is 42.7 Å². The van der Waals surface area contributed by atoms with E-state index in [1.165, 1.54) is 11.1 Å². The highest BCUT2D eigenvalue weighted by atomic mass is 35.5. The Balaban J connectivity index is 1.93. The Hall–Kier alpha value is -1.69. The van der Waals surface area contributed by atoms with E-state index in [1.54, 1.807) is 12.3 Å². The summed E-state index contributed by atoms with van der Waals surface area (Å²) in [5.41, 5.74) is 5.23. The molecular weight excluding hydrogens is 387 g/mol. The van der Waals surface area contributed by atoms with Crippen LogP contribution >= 0.6 is 35.0 Å². The van der Waals surface area contributed by atoms with Crippen molar-refractivity contribution in [2.75, 3.05) is 17.6 Å². The second kappa shape index (κ2) is 7.14. The number of halogens is 2. The van der Waals surface area contributed by atoms with Crippen LogP contribution in [0.1, 0.15) is 21.9 Å². The van der Waals surface area contributed by atoms with Gasteiger partial charge in [-0.3, -0.25) is 9.67 Å². The first-order valence-corrected chi connectivity index (χ1v) is 10.2. The maximum atomic E-state index is 6.20. The van der Waals surface area contributed by atoms with Gasteiger partial charge in [0.15, 0.2) is 0 Å². The van der Waals surface area contributed by atoms with Crippen molar-refractivity contribution in [2.45, 2.75) is 12.2 Å². The van der Waals surface area contributed by atoms with E-state index in [0.29, 0.717) is 5.02 Å². The molecule has 0 amide bonds. The molecule has 0 saturated carbocycles. The maximum absolute atomic E-state index is 6.20. The summed E-state index contributed by atoms with van der Waals surface area (Å²) in [6, 6.07) is 9.73. The van der Waals surface area contributed by atoms with E-state index in [2.05, 4.69) is 23.3 Å².